The van der Waals surface area contributed by atoms with Gasteiger partial charge in [0.15, 0.2) is 0 Å². The molecule has 7 heteroatoms. The van der Waals surface area contributed by atoms with Gasteiger partial charge in [-0.1, -0.05) is 18.0 Å². The first-order valence-corrected chi connectivity index (χ1v) is 9.78. The van der Waals surface area contributed by atoms with Gasteiger partial charge in [-0.25, -0.2) is 4.39 Å². The summed E-state index contributed by atoms with van der Waals surface area (Å²) in [6.45, 7) is 2.15. The maximum Gasteiger partial charge on any atom is 0.234 e. The number of carbonyl (C=O) groups is 1. The van der Waals surface area contributed by atoms with E-state index in [0.29, 0.717) is 24.3 Å². The summed E-state index contributed by atoms with van der Waals surface area (Å²) in [5.74, 6) is 1.18. The molecule has 1 aliphatic carbocycles. The fourth-order valence-corrected chi connectivity index (χ4v) is 4.00. The molecular formula is C20H25FN4O2. The van der Waals surface area contributed by atoms with Gasteiger partial charge in [0.1, 0.15) is 5.82 Å². The van der Waals surface area contributed by atoms with Crippen LogP contribution in [0.5, 0.6) is 0 Å². The fraction of sp³-hybridized carbons (Fsp3) is 0.550. The van der Waals surface area contributed by atoms with Crippen molar-refractivity contribution >= 4 is 5.91 Å². The SMILES string of the molecule is O=C(CN1CCC(c2nc(-c3ccc(F)cc3)no2)CC1)NC1CCCC1. The van der Waals surface area contributed by atoms with Gasteiger partial charge >= 0.3 is 0 Å². The number of likely N-dealkylation sites (tertiary alicyclic amines) is 1. The Bertz CT molecular complexity index is 763. The minimum Gasteiger partial charge on any atom is -0.352 e. The number of nitrogens with one attached hydrogen (secondary N) is 1. The standard InChI is InChI=1S/C20H25FN4O2/c21-16-7-5-14(6-8-16)19-23-20(27-24-19)15-9-11-25(12-10-15)13-18(26)22-17-3-1-2-4-17/h5-8,15,17H,1-4,9-13H2,(H,22,26). The molecule has 2 fully saturated rings. The van der Waals surface area contributed by atoms with Crippen LogP contribution in [0, 0.1) is 5.82 Å². The topological polar surface area (TPSA) is 71.3 Å². The van der Waals surface area contributed by atoms with E-state index in [1.165, 1.54) is 25.0 Å². The molecule has 27 heavy (non-hydrogen) atoms. The van der Waals surface area contributed by atoms with Gasteiger partial charge < -0.3 is 9.84 Å². The molecule has 144 valence electrons. The largest absolute Gasteiger partial charge is 0.352 e. The zero-order valence-corrected chi connectivity index (χ0v) is 15.4. The van der Waals surface area contributed by atoms with Gasteiger partial charge in [0.05, 0.1) is 6.54 Å². The zero-order valence-electron chi connectivity index (χ0n) is 15.4. The highest BCUT2D eigenvalue weighted by atomic mass is 19.1. The first-order chi connectivity index (χ1) is 13.2. The number of piperidine rings is 1. The number of carbonyl (C=O) groups excluding carboxylic acids is 1. The molecule has 0 unspecified atom stereocenters. The maximum absolute atomic E-state index is 13.0. The lowest BCUT2D eigenvalue weighted by Crippen LogP contribution is -2.43. The van der Waals surface area contributed by atoms with Crippen LogP contribution < -0.4 is 5.32 Å². The summed E-state index contributed by atoms with van der Waals surface area (Å²) in [4.78, 5) is 18.9. The van der Waals surface area contributed by atoms with Gasteiger partial charge in [-0.15, -0.1) is 0 Å². The predicted molar refractivity (Wildman–Crippen MR) is 98.5 cm³/mol. The van der Waals surface area contributed by atoms with Crippen molar-refractivity contribution in [1.29, 1.82) is 0 Å². The number of amides is 1. The number of nitrogens with zero attached hydrogens (tertiary/aromatic N) is 3. The summed E-state index contributed by atoms with van der Waals surface area (Å²) < 4.78 is 18.5. The molecule has 1 N–H and O–H groups in total. The summed E-state index contributed by atoms with van der Waals surface area (Å²) in [7, 11) is 0. The van der Waals surface area contributed by atoms with E-state index >= 15 is 0 Å². The molecule has 2 aliphatic rings. The molecule has 0 atom stereocenters. The molecule has 0 bridgehead atoms. The van der Waals surface area contributed by atoms with Crippen LogP contribution in [-0.2, 0) is 4.79 Å². The zero-order chi connectivity index (χ0) is 18.6. The van der Waals surface area contributed by atoms with E-state index in [1.54, 1.807) is 12.1 Å². The van der Waals surface area contributed by atoms with Gasteiger partial charge in [0.25, 0.3) is 0 Å². The number of rotatable bonds is 5. The normalized spacial score (nSPS) is 19.4. The van der Waals surface area contributed by atoms with Crippen molar-refractivity contribution in [3.8, 4) is 11.4 Å². The molecular weight excluding hydrogens is 347 g/mol. The van der Waals surface area contributed by atoms with Crippen LogP contribution in [0.4, 0.5) is 4.39 Å². The summed E-state index contributed by atoms with van der Waals surface area (Å²) in [5.41, 5.74) is 0.743. The molecule has 4 rings (SSSR count). The quantitative estimate of drug-likeness (QED) is 0.873. The van der Waals surface area contributed by atoms with Gasteiger partial charge in [0.2, 0.25) is 17.6 Å². The number of benzene rings is 1. The van der Waals surface area contributed by atoms with Gasteiger partial charge in [0, 0.05) is 17.5 Å². The number of hydrogen-bond donors (Lipinski definition) is 1. The second kappa shape index (κ2) is 8.17. The summed E-state index contributed by atoms with van der Waals surface area (Å²) in [6.07, 6.45) is 6.45. The predicted octanol–water partition coefficient (Wildman–Crippen LogP) is 3.11. The molecule has 1 amide bonds. The summed E-state index contributed by atoms with van der Waals surface area (Å²) in [6, 6.07) is 6.45. The van der Waals surface area contributed by atoms with E-state index in [1.807, 2.05) is 0 Å². The van der Waals surface area contributed by atoms with Crippen molar-refractivity contribution in [3.63, 3.8) is 0 Å². The number of halogens is 1. The third-order valence-corrected chi connectivity index (χ3v) is 5.57. The first kappa shape index (κ1) is 18.1. The second-order valence-electron chi connectivity index (χ2n) is 7.56. The molecule has 1 saturated carbocycles. The highest BCUT2D eigenvalue weighted by Crippen LogP contribution is 2.28. The van der Waals surface area contributed by atoms with Crippen LogP contribution in [0.2, 0.25) is 0 Å². The molecule has 1 aliphatic heterocycles. The van der Waals surface area contributed by atoms with Crippen molar-refractivity contribution < 1.29 is 13.7 Å². The summed E-state index contributed by atoms with van der Waals surface area (Å²) in [5, 5.41) is 7.18. The Hall–Kier alpha value is -2.28. The molecule has 1 aromatic heterocycles. The Morgan fingerprint density at radius 1 is 1.15 bits per heavy atom. The monoisotopic (exact) mass is 372 g/mol. The minimum atomic E-state index is -0.285. The van der Waals surface area contributed by atoms with Crippen molar-refractivity contribution in [2.45, 2.75) is 50.5 Å². The van der Waals surface area contributed by atoms with Crippen molar-refractivity contribution in [3.05, 3.63) is 36.0 Å². The van der Waals surface area contributed by atoms with Gasteiger partial charge in [-0.2, -0.15) is 4.98 Å². The molecule has 6 nitrogen and oxygen atoms in total. The van der Waals surface area contributed by atoms with Crippen molar-refractivity contribution in [2.75, 3.05) is 19.6 Å². The van der Waals surface area contributed by atoms with Gasteiger partial charge in [-0.05, 0) is 63.0 Å². The Morgan fingerprint density at radius 3 is 2.56 bits per heavy atom. The van der Waals surface area contributed by atoms with E-state index in [2.05, 4.69) is 20.4 Å². The average molecular weight is 372 g/mol. The molecule has 1 aromatic carbocycles. The highest BCUT2D eigenvalue weighted by molar-refractivity contribution is 5.78. The maximum atomic E-state index is 13.0. The third-order valence-electron chi connectivity index (χ3n) is 5.57. The van der Waals surface area contributed by atoms with Crippen LogP contribution in [0.15, 0.2) is 28.8 Å². The first-order valence-electron chi connectivity index (χ1n) is 9.78. The molecule has 0 radical (unpaired) electrons. The van der Waals surface area contributed by atoms with Crippen LogP contribution >= 0.6 is 0 Å². The van der Waals surface area contributed by atoms with E-state index in [-0.39, 0.29) is 17.6 Å². The lowest BCUT2D eigenvalue weighted by molar-refractivity contribution is -0.123. The molecule has 0 spiro atoms. The van der Waals surface area contributed by atoms with Crippen LogP contribution in [-0.4, -0.2) is 46.6 Å². The van der Waals surface area contributed by atoms with Crippen LogP contribution in [0.25, 0.3) is 11.4 Å². The van der Waals surface area contributed by atoms with Crippen molar-refractivity contribution in [1.82, 2.24) is 20.4 Å². The molecule has 1 saturated heterocycles. The highest BCUT2D eigenvalue weighted by Gasteiger charge is 2.27. The smallest absolute Gasteiger partial charge is 0.234 e. The Balaban J connectivity index is 1.28. The average Bonchev–Trinajstić information content (AvgIpc) is 3.35. The third kappa shape index (κ3) is 4.53. The van der Waals surface area contributed by atoms with Gasteiger partial charge in [-0.3, -0.25) is 9.69 Å². The van der Waals surface area contributed by atoms with Crippen molar-refractivity contribution in [2.24, 2.45) is 0 Å². The van der Waals surface area contributed by atoms with E-state index in [0.717, 1.165) is 44.3 Å². The van der Waals surface area contributed by atoms with E-state index < -0.39 is 0 Å². The Kier molecular flexibility index (Phi) is 5.48. The molecule has 2 aromatic rings. The van der Waals surface area contributed by atoms with Crippen LogP contribution in [0.3, 0.4) is 0 Å². The lowest BCUT2D eigenvalue weighted by Gasteiger charge is -2.30. The number of hydrogen-bond acceptors (Lipinski definition) is 5. The summed E-state index contributed by atoms with van der Waals surface area (Å²) >= 11 is 0. The Labute approximate surface area is 158 Å². The van der Waals surface area contributed by atoms with Crippen LogP contribution in [0.1, 0.15) is 50.3 Å². The Morgan fingerprint density at radius 2 is 1.85 bits per heavy atom. The van der Waals surface area contributed by atoms with E-state index in [9.17, 15) is 9.18 Å². The number of aromatic nitrogens is 2. The molecule has 2 heterocycles. The van der Waals surface area contributed by atoms with E-state index in [4.69, 9.17) is 4.52 Å². The fourth-order valence-electron chi connectivity index (χ4n) is 4.00. The second-order valence-corrected chi connectivity index (χ2v) is 7.56. The minimum absolute atomic E-state index is 0.136. The lowest BCUT2D eigenvalue weighted by atomic mass is 9.97.